The van der Waals surface area contributed by atoms with Gasteiger partial charge in [-0.1, -0.05) is 24.3 Å². The molecule has 0 bridgehead atoms. The SMILES string of the molecule is N#CC(=Cc1ccc(F)c(F)c1)C(=O)N1CCCc2ccccc21. The van der Waals surface area contributed by atoms with Crippen molar-refractivity contribution in [2.45, 2.75) is 12.8 Å². The van der Waals surface area contributed by atoms with Crippen molar-refractivity contribution in [3.05, 3.63) is 70.8 Å². The van der Waals surface area contributed by atoms with E-state index < -0.39 is 17.5 Å². The number of carbonyl (C=O) groups is 1. The number of halogens is 2. The second-order valence-electron chi connectivity index (χ2n) is 5.53. The molecule has 3 rings (SSSR count). The van der Waals surface area contributed by atoms with Crippen LogP contribution < -0.4 is 4.90 Å². The summed E-state index contributed by atoms with van der Waals surface area (Å²) in [5.74, 6) is -2.42. The largest absolute Gasteiger partial charge is 0.307 e. The molecule has 0 saturated carbocycles. The fourth-order valence-corrected chi connectivity index (χ4v) is 2.80. The van der Waals surface area contributed by atoms with Crippen molar-refractivity contribution in [1.29, 1.82) is 5.26 Å². The highest BCUT2D eigenvalue weighted by atomic mass is 19.2. The average molecular weight is 324 g/mol. The molecule has 1 amide bonds. The van der Waals surface area contributed by atoms with Crippen LogP contribution in [0.5, 0.6) is 0 Å². The van der Waals surface area contributed by atoms with Gasteiger partial charge in [-0.15, -0.1) is 0 Å². The van der Waals surface area contributed by atoms with Gasteiger partial charge in [-0.3, -0.25) is 4.79 Å². The number of fused-ring (bicyclic) bond motifs is 1. The topological polar surface area (TPSA) is 44.1 Å². The first kappa shape index (κ1) is 15.9. The highest BCUT2D eigenvalue weighted by Gasteiger charge is 2.24. The van der Waals surface area contributed by atoms with Crippen molar-refractivity contribution in [1.82, 2.24) is 0 Å². The number of nitrogens with zero attached hydrogens (tertiary/aromatic N) is 2. The molecule has 1 heterocycles. The summed E-state index contributed by atoms with van der Waals surface area (Å²) in [5.41, 5.74) is 2.00. The zero-order valence-corrected chi connectivity index (χ0v) is 12.8. The van der Waals surface area contributed by atoms with E-state index in [9.17, 15) is 18.8 Å². The van der Waals surface area contributed by atoms with Crippen LogP contribution in [-0.2, 0) is 11.2 Å². The van der Waals surface area contributed by atoms with Gasteiger partial charge in [0.05, 0.1) is 0 Å². The Morgan fingerprint density at radius 3 is 2.71 bits per heavy atom. The molecule has 0 N–H and O–H groups in total. The number of rotatable bonds is 2. The van der Waals surface area contributed by atoms with E-state index in [1.165, 1.54) is 12.1 Å². The number of hydrogen-bond acceptors (Lipinski definition) is 2. The Labute approximate surface area is 138 Å². The minimum Gasteiger partial charge on any atom is -0.307 e. The third kappa shape index (κ3) is 3.04. The Bertz CT molecular complexity index is 868. The van der Waals surface area contributed by atoms with Crippen LogP contribution in [0.1, 0.15) is 17.5 Å². The summed E-state index contributed by atoms with van der Waals surface area (Å²) in [4.78, 5) is 14.3. The quantitative estimate of drug-likeness (QED) is 0.622. The summed E-state index contributed by atoms with van der Waals surface area (Å²) >= 11 is 0. The number of aryl methyl sites for hydroxylation is 1. The monoisotopic (exact) mass is 324 g/mol. The molecule has 24 heavy (non-hydrogen) atoms. The molecule has 0 unspecified atom stereocenters. The van der Waals surface area contributed by atoms with E-state index in [1.807, 2.05) is 30.3 Å². The van der Waals surface area contributed by atoms with Gasteiger partial charge in [0, 0.05) is 12.2 Å². The van der Waals surface area contributed by atoms with Crippen LogP contribution in [0, 0.1) is 23.0 Å². The van der Waals surface area contributed by atoms with E-state index >= 15 is 0 Å². The lowest BCUT2D eigenvalue weighted by atomic mass is 10.0. The predicted octanol–water partition coefficient (Wildman–Crippen LogP) is 3.85. The van der Waals surface area contributed by atoms with Crippen LogP contribution in [0.15, 0.2) is 48.0 Å². The molecule has 5 heteroatoms. The molecule has 0 radical (unpaired) electrons. The van der Waals surface area contributed by atoms with Crippen molar-refractivity contribution in [2.75, 3.05) is 11.4 Å². The maximum Gasteiger partial charge on any atom is 0.268 e. The number of carbonyl (C=O) groups excluding carboxylic acids is 1. The molecule has 0 saturated heterocycles. The molecule has 120 valence electrons. The zero-order chi connectivity index (χ0) is 17.1. The lowest BCUT2D eigenvalue weighted by Gasteiger charge is -2.29. The smallest absolute Gasteiger partial charge is 0.268 e. The van der Waals surface area contributed by atoms with Crippen LogP contribution in [0.3, 0.4) is 0 Å². The average Bonchev–Trinajstić information content (AvgIpc) is 2.61. The van der Waals surface area contributed by atoms with Gasteiger partial charge in [0.25, 0.3) is 5.91 Å². The lowest BCUT2D eigenvalue weighted by Crippen LogP contribution is -2.36. The number of para-hydroxylation sites is 1. The minimum absolute atomic E-state index is 0.113. The normalized spacial score (nSPS) is 14.0. The van der Waals surface area contributed by atoms with Crippen LogP contribution in [0.2, 0.25) is 0 Å². The van der Waals surface area contributed by atoms with Gasteiger partial charge >= 0.3 is 0 Å². The molecule has 0 atom stereocenters. The van der Waals surface area contributed by atoms with E-state index in [1.54, 1.807) is 4.90 Å². The van der Waals surface area contributed by atoms with Gasteiger partial charge < -0.3 is 4.90 Å². The van der Waals surface area contributed by atoms with Crippen LogP contribution in [-0.4, -0.2) is 12.5 Å². The third-order valence-corrected chi connectivity index (χ3v) is 3.96. The van der Waals surface area contributed by atoms with E-state index in [-0.39, 0.29) is 11.1 Å². The standard InChI is InChI=1S/C19H14F2N2O/c20-16-8-7-13(11-17(16)21)10-15(12-22)19(24)23-9-3-5-14-4-1-2-6-18(14)23/h1-2,4,6-8,10-11H,3,5,9H2. The Morgan fingerprint density at radius 2 is 1.96 bits per heavy atom. The first-order valence-electron chi connectivity index (χ1n) is 7.57. The Balaban J connectivity index is 1.94. The second kappa shape index (κ2) is 6.63. The molecule has 0 aliphatic carbocycles. The molecule has 2 aromatic carbocycles. The highest BCUT2D eigenvalue weighted by Crippen LogP contribution is 2.28. The minimum atomic E-state index is -1.02. The number of amides is 1. The van der Waals surface area contributed by atoms with Crippen LogP contribution in [0.25, 0.3) is 6.08 Å². The Kier molecular flexibility index (Phi) is 4.39. The summed E-state index contributed by atoms with van der Waals surface area (Å²) in [6, 6.07) is 12.7. The van der Waals surface area contributed by atoms with Crippen molar-refractivity contribution in [2.24, 2.45) is 0 Å². The molecule has 2 aromatic rings. The second-order valence-corrected chi connectivity index (χ2v) is 5.53. The van der Waals surface area contributed by atoms with Gasteiger partial charge in [-0.05, 0) is 48.2 Å². The van der Waals surface area contributed by atoms with Crippen LogP contribution in [0.4, 0.5) is 14.5 Å². The summed E-state index contributed by atoms with van der Waals surface area (Å²) < 4.78 is 26.3. The molecule has 1 aliphatic rings. The summed E-state index contributed by atoms with van der Waals surface area (Å²) in [5, 5.41) is 9.33. The fourth-order valence-electron chi connectivity index (χ4n) is 2.80. The van der Waals surface area contributed by atoms with Gasteiger partial charge in [-0.2, -0.15) is 5.26 Å². The summed E-state index contributed by atoms with van der Waals surface area (Å²) in [6.07, 6.45) is 2.98. The van der Waals surface area contributed by atoms with E-state index in [4.69, 9.17) is 0 Å². The maximum atomic E-state index is 13.3. The van der Waals surface area contributed by atoms with Crippen molar-refractivity contribution in [3.8, 4) is 6.07 Å². The van der Waals surface area contributed by atoms with Crippen LogP contribution >= 0.6 is 0 Å². The third-order valence-electron chi connectivity index (χ3n) is 3.96. The van der Waals surface area contributed by atoms with Gasteiger partial charge in [0.2, 0.25) is 0 Å². The predicted molar refractivity (Wildman–Crippen MR) is 87.1 cm³/mol. The van der Waals surface area contributed by atoms with Crippen molar-refractivity contribution >= 4 is 17.7 Å². The Hall–Kier alpha value is -3.00. The fraction of sp³-hybridized carbons (Fsp3) is 0.158. The van der Waals surface area contributed by atoms with E-state index in [2.05, 4.69) is 0 Å². The van der Waals surface area contributed by atoms with Crippen molar-refractivity contribution < 1.29 is 13.6 Å². The van der Waals surface area contributed by atoms with Gasteiger partial charge in [-0.25, -0.2) is 8.78 Å². The Morgan fingerprint density at radius 1 is 1.17 bits per heavy atom. The molecule has 0 spiro atoms. The molecule has 0 aromatic heterocycles. The van der Waals surface area contributed by atoms with Gasteiger partial charge in [0.15, 0.2) is 11.6 Å². The van der Waals surface area contributed by atoms with E-state index in [0.29, 0.717) is 6.54 Å². The van der Waals surface area contributed by atoms with Gasteiger partial charge in [0.1, 0.15) is 11.6 Å². The lowest BCUT2D eigenvalue weighted by molar-refractivity contribution is -0.114. The maximum absolute atomic E-state index is 13.3. The molecular weight excluding hydrogens is 310 g/mol. The van der Waals surface area contributed by atoms with Crippen molar-refractivity contribution in [3.63, 3.8) is 0 Å². The number of anilines is 1. The molecule has 0 fully saturated rings. The number of nitriles is 1. The van der Waals surface area contributed by atoms with E-state index in [0.717, 1.165) is 36.2 Å². The molecular formula is C19H14F2N2O. The number of hydrogen-bond donors (Lipinski definition) is 0. The zero-order valence-electron chi connectivity index (χ0n) is 12.8. The first-order valence-corrected chi connectivity index (χ1v) is 7.57. The summed E-state index contributed by atoms with van der Waals surface area (Å²) in [6.45, 7) is 0.520. The molecule has 1 aliphatic heterocycles. The summed E-state index contributed by atoms with van der Waals surface area (Å²) in [7, 11) is 0. The number of benzene rings is 2. The highest BCUT2D eigenvalue weighted by molar-refractivity contribution is 6.11. The molecule has 3 nitrogen and oxygen atoms in total. The first-order chi connectivity index (χ1) is 11.6.